The molecule has 0 aliphatic heterocycles. The highest BCUT2D eigenvalue weighted by Gasteiger charge is 2.09. The fraction of sp³-hybridized carbons (Fsp3) is 0. The molecule has 1 heterocycles. The Balaban J connectivity index is 1.94. The van der Waals surface area contributed by atoms with Crippen molar-refractivity contribution in [3.05, 3.63) is 66.4 Å². The first-order valence-electron chi connectivity index (χ1n) is 6.46. The number of aromatic hydroxyl groups is 1. The van der Waals surface area contributed by atoms with Gasteiger partial charge in [-0.15, -0.1) is 0 Å². The minimum atomic E-state index is -0.566. The van der Waals surface area contributed by atoms with Crippen LogP contribution in [0.4, 0.5) is 20.4 Å². The number of anilines is 2. The van der Waals surface area contributed by atoms with Crippen molar-refractivity contribution >= 4 is 11.6 Å². The van der Waals surface area contributed by atoms with Crippen LogP contribution in [0.2, 0.25) is 0 Å². The van der Waals surface area contributed by atoms with E-state index in [1.807, 2.05) is 0 Å². The second-order valence-corrected chi connectivity index (χ2v) is 4.56. The van der Waals surface area contributed by atoms with Gasteiger partial charge in [0.2, 0.25) is 5.95 Å². The molecule has 22 heavy (non-hydrogen) atoms. The van der Waals surface area contributed by atoms with E-state index in [-0.39, 0.29) is 23.0 Å². The number of hydrogen-bond acceptors (Lipinski definition) is 4. The maximum atomic E-state index is 13.8. The van der Waals surface area contributed by atoms with E-state index in [9.17, 15) is 13.9 Å². The lowest BCUT2D eigenvalue weighted by atomic mass is 10.1. The minimum absolute atomic E-state index is 0.0568. The van der Waals surface area contributed by atoms with Crippen LogP contribution in [0.5, 0.6) is 5.75 Å². The normalized spacial score (nSPS) is 10.5. The smallest absolute Gasteiger partial charge is 0.227 e. The first kappa shape index (κ1) is 13.9. The van der Waals surface area contributed by atoms with E-state index < -0.39 is 11.6 Å². The van der Waals surface area contributed by atoms with Crippen molar-refractivity contribution < 1.29 is 13.9 Å². The molecule has 0 unspecified atom stereocenters. The summed E-state index contributed by atoms with van der Waals surface area (Å²) in [5.41, 5.74) is 0.896. The summed E-state index contributed by atoms with van der Waals surface area (Å²) in [5, 5.41) is 12.3. The zero-order valence-corrected chi connectivity index (χ0v) is 11.3. The number of benzene rings is 2. The van der Waals surface area contributed by atoms with Crippen LogP contribution in [0, 0.1) is 11.6 Å². The predicted octanol–water partition coefficient (Wildman–Crippen LogP) is 3.87. The summed E-state index contributed by atoms with van der Waals surface area (Å²) in [4.78, 5) is 8.18. The molecule has 110 valence electrons. The largest absolute Gasteiger partial charge is 0.508 e. The molecule has 6 heteroatoms. The second-order valence-electron chi connectivity index (χ2n) is 4.56. The highest BCUT2D eigenvalue weighted by atomic mass is 19.1. The van der Waals surface area contributed by atoms with Crippen LogP contribution in [0.25, 0.3) is 11.3 Å². The molecule has 0 saturated heterocycles. The topological polar surface area (TPSA) is 58.0 Å². The third-order valence-corrected chi connectivity index (χ3v) is 2.96. The van der Waals surface area contributed by atoms with E-state index in [0.717, 1.165) is 18.2 Å². The standard InChI is InChI=1S/C16H11F2N3O/c17-10-4-5-14(18)13(8-10)15-6-7-19-16(21-15)20-11-2-1-3-12(22)9-11/h1-9,22H,(H,19,20,21). The Bertz CT molecular complexity index is 824. The molecule has 0 aliphatic rings. The maximum absolute atomic E-state index is 13.8. The molecule has 0 saturated carbocycles. The van der Waals surface area contributed by atoms with Crippen molar-refractivity contribution in [2.75, 3.05) is 5.32 Å². The molecule has 0 bridgehead atoms. The van der Waals surface area contributed by atoms with Gasteiger partial charge in [0.15, 0.2) is 0 Å². The molecule has 2 aromatic carbocycles. The highest BCUT2D eigenvalue weighted by Crippen LogP contribution is 2.24. The van der Waals surface area contributed by atoms with Crippen molar-refractivity contribution in [1.82, 2.24) is 9.97 Å². The van der Waals surface area contributed by atoms with Crippen LogP contribution in [0.3, 0.4) is 0 Å². The van der Waals surface area contributed by atoms with Gasteiger partial charge in [0, 0.05) is 23.5 Å². The number of aromatic nitrogens is 2. The van der Waals surface area contributed by atoms with Gasteiger partial charge in [-0.05, 0) is 36.4 Å². The fourth-order valence-electron chi connectivity index (χ4n) is 1.98. The molecular formula is C16H11F2N3O. The highest BCUT2D eigenvalue weighted by molar-refractivity contribution is 5.63. The molecule has 0 atom stereocenters. The average molecular weight is 299 g/mol. The quantitative estimate of drug-likeness (QED) is 0.770. The summed E-state index contributed by atoms with van der Waals surface area (Å²) in [5.74, 6) is -0.801. The number of rotatable bonds is 3. The van der Waals surface area contributed by atoms with Gasteiger partial charge < -0.3 is 10.4 Å². The van der Waals surface area contributed by atoms with E-state index >= 15 is 0 Å². The van der Waals surface area contributed by atoms with Crippen LogP contribution in [0.1, 0.15) is 0 Å². The van der Waals surface area contributed by atoms with E-state index in [1.54, 1.807) is 12.1 Å². The lowest BCUT2D eigenvalue weighted by Gasteiger charge is -2.07. The SMILES string of the molecule is Oc1cccc(Nc2nccc(-c3cc(F)ccc3F)n2)c1. The van der Waals surface area contributed by atoms with Crippen molar-refractivity contribution in [2.45, 2.75) is 0 Å². The number of phenolic OH excluding ortho intramolecular Hbond substituents is 1. The van der Waals surface area contributed by atoms with Gasteiger partial charge in [-0.2, -0.15) is 0 Å². The zero-order valence-electron chi connectivity index (χ0n) is 11.3. The minimum Gasteiger partial charge on any atom is -0.508 e. The van der Waals surface area contributed by atoms with Crippen LogP contribution in [-0.4, -0.2) is 15.1 Å². The molecule has 0 aliphatic carbocycles. The van der Waals surface area contributed by atoms with Gasteiger partial charge >= 0.3 is 0 Å². The molecule has 0 radical (unpaired) electrons. The van der Waals surface area contributed by atoms with Gasteiger partial charge in [0.1, 0.15) is 17.4 Å². The molecular weight excluding hydrogens is 288 g/mol. The van der Waals surface area contributed by atoms with Crippen LogP contribution < -0.4 is 5.32 Å². The fourth-order valence-corrected chi connectivity index (χ4v) is 1.98. The summed E-state index contributed by atoms with van der Waals surface area (Å²) >= 11 is 0. The Morgan fingerprint density at radius 3 is 2.68 bits per heavy atom. The van der Waals surface area contributed by atoms with Crippen LogP contribution in [0.15, 0.2) is 54.7 Å². The van der Waals surface area contributed by atoms with Crippen LogP contribution >= 0.6 is 0 Å². The molecule has 3 rings (SSSR count). The second kappa shape index (κ2) is 5.77. The van der Waals surface area contributed by atoms with Gasteiger partial charge in [-0.3, -0.25) is 0 Å². The van der Waals surface area contributed by atoms with Crippen LogP contribution in [-0.2, 0) is 0 Å². The maximum Gasteiger partial charge on any atom is 0.227 e. The summed E-state index contributed by atoms with van der Waals surface area (Å²) in [6.07, 6.45) is 1.44. The third-order valence-electron chi connectivity index (χ3n) is 2.96. The predicted molar refractivity (Wildman–Crippen MR) is 78.8 cm³/mol. The van der Waals surface area contributed by atoms with Gasteiger partial charge in [0.25, 0.3) is 0 Å². The first-order valence-corrected chi connectivity index (χ1v) is 6.46. The Morgan fingerprint density at radius 1 is 1.00 bits per heavy atom. The number of phenols is 1. The van der Waals surface area contributed by atoms with E-state index in [2.05, 4.69) is 15.3 Å². The lowest BCUT2D eigenvalue weighted by molar-refractivity contribution is 0.475. The number of halogens is 2. The summed E-state index contributed by atoms with van der Waals surface area (Å²) in [6, 6.07) is 11.1. The molecule has 1 aromatic heterocycles. The van der Waals surface area contributed by atoms with E-state index in [1.165, 1.54) is 24.4 Å². The van der Waals surface area contributed by atoms with Crippen molar-refractivity contribution in [3.63, 3.8) is 0 Å². The summed E-state index contributed by atoms with van der Waals surface area (Å²) in [7, 11) is 0. The number of nitrogens with one attached hydrogen (secondary N) is 1. The monoisotopic (exact) mass is 299 g/mol. The first-order chi connectivity index (χ1) is 10.6. The zero-order chi connectivity index (χ0) is 15.5. The Kier molecular flexibility index (Phi) is 3.65. The van der Waals surface area contributed by atoms with Gasteiger partial charge in [-0.25, -0.2) is 18.7 Å². The van der Waals surface area contributed by atoms with E-state index in [4.69, 9.17) is 0 Å². The average Bonchev–Trinajstić information content (AvgIpc) is 2.50. The third kappa shape index (κ3) is 3.01. The molecule has 0 fully saturated rings. The summed E-state index contributed by atoms with van der Waals surface area (Å²) in [6.45, 7) is 0. The molecule has 4 nitrogen and oxygen atoms in total. The van der Waals surface area contributed by atoms with Crippen molar-refractivity contribution in [3.8, 4) is 17.0 Å². The van der Waals surface area contributed by atoms with Crippen molar-refractivity contribution in [1.29, 1.82) is 0 Å². The van der Waals surface area contributed by atoms with Gasteiger partial charge in [0.05, 0.1) is 5.69 Å². The summed E-state index contributed by atoms with van der Waals surface area (Å²) < 4.78 is 27.1. The van der Waals surface area contributed by atoms with E-state index in [0.29, 0.717) is 5.69 Å². The van der Waals surface area contributed by atoms with Gasteiger partial charge in [-0.1, -0.05) is 6.07 Å². The molecule has 0 amide bonds. The Labute approximate surface area is 125 Å². The molecule has 2 N–H and O–H groups in total. The molecule has 0 spiro atoms. The lowest BCUT2D eigenvalue weighted by Crippen LogP contribution is -1.98. The van der Waals surface area contributed by atoms with Crippen molar-refractivity contribution in [2.24, 2.45) is 0 Å². The Hall–Kier alpha value is -3.02. The molecule has 3 aromatic rings. The number of nitrogens with zero attached hydrogens (tertiary/aromatic N) is 2. The Morgan fingerprint density at radius 2 is 1.86 bits per heavy atom. The number of hydrogen-bond donors (Lipinski definition) is 2.